The van der Waals surface area contributed by atoms with E-state index >= 15 is 0 Å². The van der Waals surface area contributed by atoms with Crippen molar-refractivity contribution in [3.8, 4) is 0 Å². The van der Waals surface area contributed by atoms with E-state index in [2.05, 4.69) is 16.0 Å². The van der Waals surface area contributed by atoms with E-state index in [1.807, 2.05) is 67.8 Å². The molecule has 14 heteroatoms. The average molecular weight is 791 g/mol. The Hall–Kier alpha value is -0.380. The fraction of sp³-hybridized carbons (Fsp3) is 0.500. The van der Waals surface area contributed by atoms with Gasteiger partial charge in [0.05, 0.1) is 69.0 Å². The first-order valence-electron chi connectivity index (χ1n) is 9.24. The first-order chi connectivity index (χ1) is 15.0. The summed E-state index contributed by atoms with van der Waals surface area (Å²) in [6.45, 7) is -0.963. The number of Topliss-reactive ketones (excluding diaryl/α,β-unsaturated/α-hetero) is 1. The minimum atomic E-state index is -1.21. The highest BCUT2D eigenvalue weighted by Gasteiger charge is 2.29. The molecule has 0 heterocycles. The lowest BCUT2D eigenvalue weighted by molar-refractivity contribution is -0.124. The predicted octanol–water partition coefficient (Wildman–Crippen LogP) is -0.972. The van der Waals surface area contributed by atoms with Gasteiger partial charge in [-0.3, -0.25) is 14.4 Å². The third kappa shape index (κ3) is 7.57. The monoisotopic (exact) mass is 791 g/mol. The summed E-state index contributed by atoms with van der Waals surface area (Å²) < 4.78 is 1.00. The molecule has 0 saturated heterocycles. The molecule has 0 aliphatic heterocycles. The normalized spacial score (nSPS) is 12.1. The highest BCUT2D eigenvalue weighted by Crippen LogP contribution is 2.35. The van der Waals surface area contributed by atoms with Gasteiger partial charge in [0.2, 0.25) is 0 Å². The number of aliphatic hydroxyl groups excluding tert-OH is 5. The zero-order valence-electron chi connectivity index (χ0n) is 16.9. The van der Waals surface area contributed by atoms with Crippen molar-refractivity contribution < 1.29 is 39.9 Å². The summed E-state index contributed by atoms with van der Waals surface area (Å²) in [6, 6.07) is -1.85. The number of anilines is 1. The van der Waals surface area contributed by atoms with Crippen molar-refractivity contribution in [1.29, 1.82) is 0 Å². The minimum absolute atomic E-state index is 0.0696. The molecule has 1 rings (SSSR count). The van der Waals surface area contributed by atoms with E-state index < -0.39 is 62.2 Å². The first kappa shape index (κ1) is 29.7. The molecular weight excluding hydrogens is 767 g/mol. The van der Waals surface area contributed by atoms with Crippen LogP contribution in [0, 0.1) is 10.7 Å². The van der Waals surface area contributed by atoms with Gasteiger partial charge in [-0.2, -0.15) is 0 Å². The van der Waals surface area contributed by atoms with Crippen LogP contribution in [0.2, 0.25) is 0 Å². The number of aliphatic hydroxyl groups is 5. The fourth-order valence-corrected chi connectivity index (χ4v) is 6.88. The van der Waals surface area contributed by atoms with Crippen molar-refractivity contribution in [3.05, 3.63) is 21.8 Å². The number of ketones is 1. The highest BCUT2D eigenvalue weighted by atomic mass is 127. The summed E-state index contributed by atoms with van der Waals surface area (Å²) >= 11 is 5.58. The summed E-state index contributed by atoms with van der Waals surface area (Å²) in [7, 11) is 0. The fourth-order valence-electron chi connectivity index (χ4n) is 2.35. The van der Waals surface area contributed by atoms with Crippen LogP contribution in [0.4, 0.5) is 5.69 Å². The molecule has 2 amide bonds. The lowest BCUT2D eigenvalue weighted by Gasteiger charge is -2.22. The van der Waals surface area contributed by atoms with Gasteiger partial charge in [0.1, 0.15) is 6.10 Å². The second-order valence-corrected chi connectivity index (χ2v) is 9.87. The second-order valence-electron chi connectivity index (χ2n) is 6.63. The van der Waals surface area contributed by atoms with E-state index in [0.717, 1.165) is 0 Å². The SMILES string of the molecule is CC(O)C(=O)CNc1c(I)c(C(=O)NC(CO)CO)c(I)c(C(=O)NC(CO)CO)c1I. The summed E-state index contributed by atoms with van der Waals surface area (Å²) in [4.78, 5) is 37.8. The van der Waals surface area contributed by atoms with Crippen molar-refractivity contribution in [1.82, 2.24) is 10.6 Å². The summed E-state index contributed by atoms with van der Waals surface area (Å²) in [6.07, 6.45) is -1.21. The number of halogens is 3. The largest absolute Gasteiger partial charge is 0.394 e. The molecule has 8 N–H and O–H groups in total. The van der Waals surface area contributed by atoms with Gasteiger partial charge in [-0.1, -0.05) is 0 Å². The molecule has 0 spiro atoms. The summed E-state index contributed by atoms with van der Waals surface area (Å²) in [5, 5.41) is 54.4. The molecule has 32 heavy (non-hydrogen) atoms. The molecule has 0 radical (unpaired) electrons. The molecule has 0 fully saturated rings. The molecule has 0 aliphatic rings. The van der Waals surface area contributed by atoms with Crippen LogP contribution in [-0.4, -0.2) is 94.3 Å². The number of benzene rings is 1. The summed E-state index contributed by atoms with van der Waals surface area (Å²) in [5.74, 6) is -1.83. The molecule has 0 aromatic heterocycles. The van der Waals surface area contributed by atoms with Crippen LogP contribution in [0.5, 0.6) is 0 Å². The number of rotatable bonds is 12. The quantitative estimate of drug-likeness (QED) is 0.123. The van der Waals surface area contributed by atoms with Crippen molar-refractivity contribution in [2.45, 2.75) is 25.1 Å². The van der Waals surface area contributed by atoms with Crippen LogP contribution in [0.15, 0.2) is 0 Å². The third-order valence-corrected chi connectivity index (χ3v) is 7.46. The Morgan fingerprint density at radius 1 is 0.781 bits per heavy atom. The summed E-state index contributed by atoms with van der Waals surface area (Å²) in [5.41, 5.74) is 0.436. The first-order valence-corrected chi connectivity index (χ1v) is 12.5. The van der Waals surface area contributed by atoms with Gasteiger partial charge in [0.25, 0.3) is 11.8 Å². The lowest BCUT2D eigenvalue weighted by Crippen LogP contribution is -2.42. The molecule has 0 bridgehead atoms. The number of carbonyl (C=O) groups is 3. The number of amides is 2. The maximum absolute atomic E-state index is 12.9. The van der Waals surface area contributed by atoms with E-state index in [1.165, 1.54) is 6.92 Å². The van der Waals surface area contributed by atoms with Gasteiger partial charge in [0, 0.05) is 3.57 Å². The van der Waals surface area contributed by atoms with Crippen molar-refractivity contribution in [2.75, 3.05) is 38.3 Å². The Labute approximate surface area is 225 Å². The number of carbonyl (C=O) groups excluding carboxylic acids is 3. The molecule has 0 aliphatic carbocycles. The molecule has 180 valence electrons. The van der Waals surface area contributed by atoms with Crippen LogP contribution in [0.1, 0.15) is 27.6 Å². The van der Waals surface area contributed by atoms with Gasteiger partial charge in [0.15, 0.2) is 5.78 Å². The van der Waals surface area contributed by atoms with E-state index in [-0.39, 0.29) is 21.2 Å². The maximum Gasteiger partial charge on any atom is 0.253 e. The number of hydrogen-bond acceptors (Lipinski definition) is 9. The van der Waals surface area contributed by atoms with Crippen LogP contribution < -0.4 is 16.0 Å². The van der Waals surface area contributed by atoms with Gasteiger partial charge >= 0.3 is 0 Å². The molecular formula is C18H24I3N3O8. The smallest absolute Gasteiger partial charge is 0.253 e. The Morgan fingerprint density at radius 2 is 1.16 bits per heavy atom. The van der Waals surface area contributed by atoms with Crippen LogP contribution in [0.25, 0.3) is 0 Å². The zero-order chi connectivity index (χ0) is 24.6. The van der Waals surface area contributed by atoms with E-state index in [9.17, 15) is 39.9 Å². The van der Waals surface area contributed by atoms with Crippen LogP contribution in [0.3, 0.4) is 0 Å². The van der Waals surface area contributed by atoms with Crippen LogP contribution in [-0.2, 0) is 4.79 Å². The van der Waals surface area contributed by atoms with Crippen LogP contribution >= 0.6 is 67.8 Å². The Kier molecular flexibility index (Phi) is 13.1. The lowest BCUT2D eigenvalue weighted by atomic mass is 10.1. The third-order valence-electron chi connectivity index (χ3n) is 4.23. The van der Waals surface area contributed by atoms with Gasteiger partial charge < -0.3 is 41.5 Å². The maximum atomic E-state index is 12.9. The molecule has 0 saturated carbocycles. The number of nitrogens with one attached hydrogen (secondary N) is 3. The molecule has 11 nitrogen and oxygen atoms in total. The van der Waals surface area contributed by atoms with Crippen molar-refractivity contribution in [3.63, 3.8) is 0 Å². The highest BCUT2D eigenvalue weighted by molar-refractivity contribution is 14.1. The second kappa shape index (κ2) is 14.1. The van der Waals surface area contributed by atoms with E-state index in [1.54, 1.807) is 0 Å². The zero-order valence-corrected chi connectivity index (χ0v) is 23.3. The average Bonchev–Trinajstić information content (AvgIpc) is 2.75. The predicted molar refractivity (Wildman–Crippen MR) is 141 cm³/mol. The Morgan fingerprint density at radius 3 is 1.47 bits per heavy atom. The van der Waals surface area contributed by atoms with E-state index in [0.29, 0.717) is 12.8 Å². The molecule has 1 unspecified atom stereocenters. The van der Waals surface area contributed by atoms with Gasteiger partial charge in [-0.05, 0) is 74.7 Å². The van der Waals surface area contributed by atoms with Crippen molar-refractivity contribution >= 4 is 91.1 Å². The molecule has 1 aromatic rings. The van der Waals surface area contributed by atoms with Gasteiger partial charge in [-0.25, -0.2) is 0 Å². The Bertz CT molecular complexity index is 792. The van der Waals surface area contributed by atoms with E-state index in [4.69, 9.17) is 0 Å². The Balaban J connectivity index is 3.59. The number of hydrogen-bond donors (Lipinski definition) is 8. The van der Waals surface area contributed by atoms with Gasteiger partial charge in [-0.15, -0.1) is 0 Å². The molecule has 1 aromatic carbocycles. The minimum Gasteiger partial charge on any atom is -0.394 e. The molecule has 1 atom stereocenters. The standard InChI is InChI=1S/C18H24I3N3O8/c1-7(29)10(30)2-22-16-14(20)11(17(31)23-8(3-25)4-26)13(19)12(15(16)21)18(32)24-9(5-27)6-28/h7-9,22,25-29H,2-6H2,1H3,(H,23,31)(H,24,32). The topological polar surface area (TPSA) is 188 Å². The van der Waals surface area contributed by atoms with Crippen molar-refractivity contribution in [2.24, 2.45) is 0 Å².